The predicted molar refractivity (Wildman–Crippen MR) is 79.9 cm³/mol. The van der Waals surface area contributed by atoms with Gasteiger partial charge in [0.1, 0.15) is 5.82 Å². The molecule has 2 N–H and O–H groups in total. The van der Waals surface area contributed by atoms with Crippen molar-refractivity contribution >= 4 is 0 Å². The largest absolute Gasteiger partial charge is 0.396 e. The summed E-state index contributed by atoms with van der Waals surface area (Å²) in [7, 11) is 4.08. The zero-order chi connectivity index (χ0) is 15.0. The van der Waals surface area contributed by atoms with Crippen molar-refractivity contribution < 1.29 is 10.2 Å². The fourth-order valence-corrected chi connectivity index (χ4v) is 3.61. The number of aliphatic hydroxyl groups is 2. The number of aromatic nitrogens is 2. The average molecular weight is 291 g/mol. The van der Waals surface area contributed by atoms with Crippen molar-refractivity contribution in [1.82, 2.24) is 14.9 Å². The van der Waals surface area contributed by atoms with E-state index in [9.17, 15) is 10.2 Å². The molecule has 5 nitrogen and oxygen atoms in total. The van der Waals surface area contributed by atoms with Crippen LogP contribution in [-0.4, -0.2) is 57.9 Å². The molecule has 2 aliphatic rings. The van der Waals surface area contributed by atoms with Gasteiger partial charge in [0.15, 0.2) is 0 Å². The first-order chi connectivity index (χ1) is 10.1. The Morgan fingerprint density at radius 3 is 2.67 bits per heavy atom. The highest BCUT2D eigenvalue weighted by Crippen LogP contribution is 2.39. The third kappa shape index (κ3) is 3.10. The standard InChI is InChI=1S/C16H25N3O2/c1-19(2)14-8-15(21)13(9-20)12(14)7-11-5-6-17-16(18-11)10-3-4-10/h5-6,10,12-15,20-21H,3-4,7-9H2,1-2H3/t12-,13-,14-,15-/m1/s1. The highest BCUT2D eigenvalue weighted by atomic mass is 16.3. The molecule has 0 aromatic carbocycles. The summed E-state index contributed by atoms with van der Waals surface area (Å²) in [5, 5.41) is 19.8. The molecule has 2 fully saturated rings. The Bertz CT molecular complexity index is 490. The van der Waals surface area contributed by atoms with Crippen LogP contribution in [0, 0.1) is 11.8 Å². The first-order valence-corrected chi connectivity index (χ1v) is 7.87. The van der Waals surface area contributed by atoms with Crippen LogP contribution in [0.2, 0.25) is 0 Å². The van der Waals surface area contributed by atoms with E-state index in [0.29, 0.717) is 5.92 Å². The molecule has 0 amide bonds. The summed E-state index contributed by atoms with van der Waals surface area (Å²) in [6, 6.07) is 2.26. The Balaban J connectivity index is 1.78. The maximum absolute atomic E-state index is 10.2. The number of rotatable bonds is 5. The first kappa shape index (κ1) is 14.9. The van der Waals surface area contributed by atoms with Gasteiger partial charge in [0, 0.05) is 36.4 Å². The zero-order valence-corrected chi connectivity index (χ0v) is 12.8. The minimum Gasteiger partial charge on any atom is -0.396 e. The Morgan fingerprint density at radius 2 is 2.05 bits per heavy atom. The number of hydrogen-bond donors (Lipinski definition) is 2. The van der Waals surface area contributed by atoms with Crippen LogP contribution in [0.15, 0.2) is 12.3 Å². The lowest BCUT2D eigenvalue weighted by Crippen LogP contribution is -2.35. The van der Waals surface area contributed by atoms with Gasteiger partial charge in [0.05, 0.1) is 6.10 Å². The molecule has 4 atom stereocenters. The van der Waals surface area contributed by atoms with Crippen LogP contribution in [0.1, 0.15) is 36.7 Å². The van der Waals surface area contributed by atoms with Gasteiger partial charge in [-0.25, -0.2) is 9.97 Å². The van der Waals surface area contributed by atoms with E-state index in [1.165, 1.54) is 12.8 Å². The topological polar surface area (TPSA) is 69.5 Å². The summed E-state index contributed by atoms with van der Waals surface area (Å²) in [5.74, 6) is 1.70. The summed E-state index contributed by atoms with van der Waals surface area (Å²) in [4.78, 5) is 11.2. The highest BCUT2D eigenvalue weighted by Gasteiger charge is 2.43. The van der Waals surface area contributed by atoms with Crippen molar-refractivity contribution in [3.8, 4) is 0 Å². The van der Waals surface area contributed by atoms with Gasteiger partial charge in [-0.15, -0.1) is 0 Å². The molecule has 0 saturated heterocycles. The number of hydrogen-bond acceptors (Lipinski definition) is 5. The molecule has 0 bridgehead atoms. The third-order valence-electron chi connectivity index (χ3n) is 5.01. The van der Waals surface area contributed by atoms with Crippen LogP contribution in [0.25, 0.3) is 0 Å². The highest BCUT2D eigenvalue weighted by molar-refractivity contribution is 5.12. The summed E-state index contributed by atoms with van der Waals surface area (Å²) >= 11 is 0. The summed E-state index contributed by atoms with van der Waals surface area (Å²) < 4.78 is 0. The maximum atomic E-state index is 10.2. The quantitative estimate of drug-likeness (QED) is 0.840. The molecule has 3 rings (SSSR count). The predicted octanol–water partition coefficient (Wildman–Crippen LogP) is 0.816. The maximum Gasteiger partial charge on any atom is 0.131 e. The van der Waals surface area contributed by atoms with Gasteiger partial charge >= 0.3 is 0 Å². The van der Waals surface area contributed by atoms with E-state index in [2.05, 4.69) is 9.88 Å². The van der Waals surface area contributed by atoms with Gasteiger partial charge in [-0.3, -0.25) is 0 Å². The average Bonchev–Trinajstić information content (AvgIpc) is 3.25. The molecule has 1 aromatic rings. The van der Waals surface area contributed by atoms with Crippen LogP contribution in [0.4, 0.5) is 0 Å². The van der Waals surface area contributed by atoms with E-state index in [1.54, 1.807) is 0 Å². The van der Waals surface area contributed by atoms with Gasteiger partial charge in [-0.2, -0.15) is 0 Å². The molecule has 0 aliphatic heterocycles. The number of aliphatic hydroxyl groups excluding tert-OH is 2. The Hall–Kier alpha value is -1.04. The monoisotopic (exact) mass is 291 g/mol. The molecule has 0 unspecified atom stereocenters. The molecule has 0 radical (unpaired) electrons. The van der Waals surface area contributed by atoms with Gasteiger partial charge in [-0.05, 0) is 51.8 Å². The molecular formula is C16H25N3O2. The van der Waals surface area contributed by atoms with Crippen molar-refractivity contribution in [1.29, 1.82) is 0 Å². The lowest BCUT2D eigenvalue weighted by molar-refractivity contribution is 0.0707. The molecule has 5 heteroatoms. The molecule has 2 aliphatic carbocycles. The molecule has 1 aromatic heterocycles. The summed E-state index contributed by atoms with van der Waals surface area (Å²) in [6.07, 6.45) is 5.35. The zero-order valence-electron chi connectivity index (χ0n) is 12.8. The van der Waals surface area contributed by atoms with E-state index < -0.39 is 6.10 Å². The lowest BCUT2D eigenvalue weighted by atomic mass is 9.88. The second-order valence-corrected chi connectivity index (χ2v) is 6.73. The van der Waals surface area contributed by atoms with Crippen molar-refractivity contribution in [2.45, 2.75) is 43.7 Å². The van der Waals surface area contributed by atoms with E-state index in [4.69, 9.17) is 4.98 Å². The summed E-state index contributed by atoms with van der Waals surface area (Å²) in [6.45, 7) is 0.0384. The molecule has 2 saturated carbocycles. The SMILES string of the molecule is CN(C)[C@@H]1C[C@@H](O)[C@H](CO)[C@H]1Cc1ccnc(C2CC2)n1. The van der Waals surface area contributed by atoms with Crippen LogP contribution < -0.4 is 0 Å². The third-order valence-corrected chi connectivity index (χ3v) is 5.01. The Kier molecular flexibility index (Phi) is 4.24. The second-order valence-electron chi connectivity index (χ2n) is 6.73. The smallest absolute Gasteiger partial charge is 0.131 e. The fourth-order valence-electron chi connectivity index (χ4n) is 3.61. The summed E-state index contributed by atoms with van der Waals surface area (Å²) in [5.41, 5.74) is 1.04. The van der Waals surface area contributed by atoms with E-state index in [1.807, 2.05) is 26.4 Å². The van der Waals surface area contributed by atoms with Crippen LogP contribution in [0.3, 0.4) is 0 Å². The van der Waals surface area contributed by atoms with E-state index >= 15 is 0 Å². The lowest BCUT2D eigenvalue weighted by Gasteiger charge is -2.28. The van der Waals surface area contributed by atoms with Gasteiger partial charge in [0.2, 0.25) is 0 Å². The van der Waals surface area contributed by atoms with E-state index in [0.717, 1.165) is 24.4 Å². The van der Waals surface area contributed by atoms with E-state index in [-0.39, 0.29) is 24.5 Å². The first-order valence-electron chi connectivity index (χ1n) is 7.87. The molecule has 116 valence electrons. The molecule has 21 heavy (non-hydrogen) atoms. The number of nitrogens with zero attached hydrogens (tertiary/aromatic N) is 3. The Labute approximate surface area is 126 Å². The molecular weight excluding hydrogens is 266 g/mol. The minimum absolute atomic E-state index is 0.0384. The van der Waals surface area contributed by atoms with Crippen molar-refractivity contribution in [2.24, 2.45) is 11.8 Å². The minimum atomic E-state index is -0.419. The van der Waals surface area contributed by atoms with Crippen molar-refractivity contribution in [3.63, 3.8) is 0 Å². The van der Waals surface area contributed by atoms with Gasteiger partial charge < -0.3 is 15.1 Å². The molecule has 1 heterocycles. The van der Waals surface area contributed by atoms with Gasteiger partial charge in [-0.1, -0.05) is 0 Å². The Morgan fingerprint density at radius 1 is 1.29 bits per heavy atom. The van der Waals surface area contributed by atoms with Crippen molar-refractivity contribution in [2.75, 3.05) is 20.7 Å². The van der Waals surface area contributed by atoms with Crippen LogP contribution >= 0.6 is 0 Å². The molecule has 0 spiro atoms. The van der Waals surface area contributed by atoms with Crippen LogP contribution in [0.5, 0.6) is 0 Å². The normalized spacial score (nSPS) is 32.8. The fraction of sp³-hybridized carbons (Fsp3) is 0.750. The van der Waals surface area contributed by atoms with Gasteiger partial charge in [0.25, 0.3) is 0 Å². The van der Waals surface area contributed by atoms with Crippen LogP contribution in [-0.2, 0) is 6.42 Å². The second kappa shape index (κ2) is 5.99. The van der Waals surface area contributed by atoms with Crippen molar-refractivity contribution in [3.05, 3.63) is 23.8 Å².